The van der Waals surface area contributed by atoms with Crippen molar-refractivity contribution in [1.82, 2.24) is 4.98 Å². The molecule has 0 fully saturated rings. The molecule has 0 aliphatic rings. The number of nitrogens with zero attached hydrogens (tertiary/aromatic N) is 2. The first-order valence-electron chi connectivity index (χ1n) is 3.08. The molecule has 58 valence electrons. The molecular weight excluding hydrogens is 162 g/mol. The van der Waals surface area contributed by atoms with Gasteiger partial charge in [0.25, 0.3) is 0 Å². The van der Waals surface area contributed by atoms with Crippen molar-refractivity contribution in [3.05, 3.63) is 23.0 Å². The summed E-state index contributed by atoms with van der Waals surface area (Å²) in [5, 5.41) is 0.425. The molecule has 0 unspecified atom stereocenters. The number of aromatic nitrogens is 1. The summed E-state index contributed by atoms with van der Waals surface area (Å²) in [5.74, 6) is 0. The molecule has 0 saturated carbocycles. The maximum atomic E-state index is 5.62. The minimum absolute atomic E-state index is 0.425. The summed E-state index contributed by atoms with van der Waals surface area (Å²) < 4.78 is 0. The molecule has 0 aromatic carbocycles. The van der Waals surface area contributed by atoms with Crippen molar-refractivity contribution in [2.75, 3.05) is 12.8 Å². The molecule has 0 aliphatic heterocycles. The lowest BCUT2D eigenvalue weighted by molar-refractivity contribution is 1.30. The molecule has 0 saturated heterocycles. The topological polar surface area (TPSA) is 51.3 Å². The average molecular weight is 170 g/mol. The van der Waals surface area contributed by atoms with Gasteiger partial charge in [-0.25, -0.2) is 4.98 Å². The van der Waals surface area contributed by atoms with Crippen LogP contribution in [0.4, 0.5) is 5.69 Å². The maximum Gasteiger partial charge on any atom is 0.129 e. The predicted octanol–water partition coefficient (Wildman–Crippen LogP) is 1.37. The standard InChI is InChI=1S/C7H8ClN3/c1-10-4-6-5(9)2-3-7(8)11-6/h2-4H,9H2,1H3. The van der Waals surface area contributed by atoms with Crippen molar-refractivity contribution in [2.24, 2.45) is 4.99 Å². The van der Waals surface area contributed by atoms with E-state index in [0.717, 1.165) is 0 Å². The molecule has 0 bridgehead atoms. The molecule has 3 nitrogen and oxygen atoms in total. The Hall–Kier alpha value is -1.09. The van der Waals surface area contributed by atoms with Crippen molar-refractivity contribution in [2.45, 2.75) is 0 Å². The van der Waals surface area contributed by atoms with Gasteiger partial charge in [-0.05, 0) is 12.1 Å². The summed E-state index contributed by atoms with van der Waals surface area (Å²) >= 11 is 5.62. The Morgan fingerprint density at radius 1 is 1.64 bits per heavy atom. The summed E-state index contributed by atoms with van der Waals surface area (Å²) in [7, 11) is 1.65. The van der Waals surface area contributed by atoms with Crippen LogP contribution in [0.5, 0.6) is 0 Å². The van der Waals surface area contributed by atoms with Crippen LogP contribution in [0.25, 0.3) is 0 Å². The third-order valence-corrected chi connectivity index (χ3v) is 1.39. The lowest BCUT2D eigenvalue weighted by Crippen LogP contribution is -1.96. The third kappa shape index (κ3) is 1.91. The molecule has 0 radical (unpaired) electrons. The van der Waals surface area contributed by atoms with Crippen LogP contribution < -0.4 is 5.73 Å². The highest BCUT2D eigenvalue weighted by atomic mass is 35.5. The van der Waals surface area contributed by atoms with Crippen molar-refractivity contribution in [3.63, 3.8) is 0 Å². The second-order valence-electron chi connectivity index (χ2n) is 2.00. The summed E-state index contributed by atoms with van der Waals surface area (Å²) in [6, 6.07) is 3.34. The Kier molecular flexibility index (Phi) is 2.44. The monoisotopic (exact) mass is 169 g/mol. The van der Waals surface area contributed by atoms with E-state index in [1.54, 1.807) is 25.4 Å². The van der Waals surface area contributed by atoms with Crippen LogP contribution in [-0.4, -0.2) is 18.2 Å². The zero-order valence-electron chi connectivity index (χ0n) is 6.08. The molecule has 4 heteroatoms. The first-order chi connectivity index (χ1) is 5.24. The summed E-state index contributed by atoms with van der Waals surface area (Å²) in [4.78, 5) is 7.74. The number of nitrogens with two attached hydrogens (primary N) is 1. The fraction of sp³-hybridized carbons (Fsp3) is 0.143. The molecule has 1 aromatic rings. The molecular formula is C7H8ClN3. The van der Waals surface area contributed by atoms with Crippen LogP contribution in [0, 0.1) is 0 Å². The van der Waals surface area contributed by atoms with Crippen LogP contribution in [0.1, 0.15) is 5.69 Å². The van der Waals surface area contributed by atoms with Crippen molar-refractivity contribution in [3.8, 4) is 0 Å². The lowest BCUT2D eigenvalue weighted by atomic mass is 10.3. The van der Waals surface area contributed by atoms with Crippen molar-refractivity contribution >= 4 is 23.5 Å². The molecule has 11 heavy (non-hydrogen) atoms. The van der Waals surface area contributed by atoms with E-state index in [1.165, 1.54) is 0 Å². The van der Waals surface area contributed by atoms with Gasteiger partial charge < -0.3 is 5.73 Å². The third-order valence-electron chi connectivity index (χ3n) is 1.17. The van der Waals surface area contributed by atoms with Gasteiger partial charge >= 0.3 is 0 Å². The number of rotatable bonds is 1. The number of nitrogen functional groups attached to an aromatic ring is 1. The van der Waals surface area contributed by atoms with Crippen LogP contribution in [0.15, 0.2) is 17.1 Å². The number of pyridine rings is 1. The normalized spacial score (nSPS) is 10.7. The fourth-order valence-electron chi connectivity index (χ4n) is 0.686. The van der Waals surface area contributed by atoms with Crippen molar-refractivity contribution in [1.29, 1.82) is 0 Å². The Morgan fingerprint density at radius 2 is 2.36 bits per heavy atom. The fourth-order valence-corrected chi connectivity index (χ4v) is 0.841. The highest BCUT2D eigenvalue weighted by Gasteiger charge is 1.96. The smallest absolute Gasteiger partial charge is 0.129 e. The van der Waals surface area contributed by atoms with E-state index in [-0.39, 0.29) is 0 Å². The average Bonchev–Trinajstić information content (AvgIpc) is 1.98. The quantitative estimate of drug-likeness (QED) is 0.510. The van der Waals surface area contributed by atoms with Gasteiger partial charge in [-0.15, -0.1) is 0 Å². The molecule has 0 spiro atoms. The second-order valence-corrected chi connectivity index (χ2v) is 2.38. The van der Waals surface area contributed by atoms with Crippen LogP contribution in [0.3, 0.4) is 0 Å². The number of anilines is 1. The van der Waals surface area contributed by atoms with Gasteiger partial charge in [0, 0.05) is 13.3 Å². The highest BCUT2D eigenvalue weighted by molar-refractivity contribution is 6.29. The Balaban J connectivity index is 3.12. The summed E-state index contributed by atoms with van der Waals surface area (Å²) in [6.07, 6.45) is 1.57. The molecule has 2 N–H and O–H groups in total. The summed E-state index contributed by atoms with van der Waals surface area (Å²) in [6.45, 7) is 0. The van der Waals surface area contributed by atoms with Gasteiger partial charge in [-0.1, -0.05) is 11.6 Å². The first kappa shape index (κ1) is 8.01. The van der Waals surface area contributed by atoms with Gasteiger partial charge in [0.05, 0.1) is 5.69 Å². The number of hydrogen-bond acceptors (Lipinski definition) is 3. The first-order valence-corrected chi connectivity index (χ1v) is 3.46. The lowest BCUT2D eigenvalue weighted by Gasteiger charge is -1.97. The van der Waals surface area contributed by atoms with E-state index < -0.39 is 0 Å². The van der Waals surface area contributed by atoms with E-state index in [4.69, 9.17) is 17.3 Å². The Morgan fingerprint density at radius 3 is 3.00 bits per heavy atom. The number of aliphatic imine (C=N–C) groups is 1. The van der Waals surface area contributed by atoms with Gasteiger partial charge in [-0.2, -0.15) is 0 Å². The molecule has 1 heterocycles. The zero-order chi connectivity index (χ0) is 8.27. The minimum atomic E-state index is 0.425. The zero-order valence-corrected chi connectivity index (χ0v) is 6.84. The van der Waals surface area contributed by atoms with E-state index >= 15 is 0 Å². The predicted molar refractivity (Wildman–Crippen MR) is 47.2 cm³/mol. The molecule has 1 rings (SSSR count). The van der Waals surface area contributed by atoms with Gasteiger partial charge in [0.15, 0.2) is 0 Å². The van der Waals surface area contributed by atoms with E-state index in [9.17, 15) is 0 Å². The number of hydrogen-bond donors (Lipinski definition) is 1. The van der Waals surface area contributed by atoms with E-state index in [0.29, 0.717) is 16.5 Å². The molecule has 0 atom stereocenters. The number of halogens is 1. The summed E-state index contributed by atoms with van der Waals surface area (Å²) in [5.41, 5.74) is 6.76. The van der Waals surface area contributed by atoms with Crippen molar-refractivity contribution < 1.29 is 0 Å². The Bertz CT molecular complexity index is 283. The van der Waals surface area contributed by atoms with Crippen LogP contribution >= 0.6 is 11.6 Å². The minimum Gasteiger partial charge on any atom is -0.397 e. The van der Waals surface area contributed by atoms with Gasteiger partial charge in [-0.3, -0.25) is 4.99 Å². The molecule has 1 aromatic heterocycles. The van der Waals surface area contributed by atoms with Crippen LogP contribution in [0.2, 0.25) is 5.15 Å². The highest BCUT2D eigenvalue weighted by Crippen LogP contribution is 2.10. The van der Waals surface area contributed by atoms with Gasteiger partial charge in [0.2, 0.25) is 0 Å². The Labute approximate surface area is 69.9 Å². The van der Waals surface area contributed by atoms with E-state index in [1.807, 2.05) is 0 Å². The van der Waals surface area contributed by atoms with Crippen LogP contribution in [-0.2, 0) is 0 Å². The molecule has 0 amide bonds. The SMILES string of the molecule is CN=Cc1nc(Cl)ccc1N. The second kappa shape index (κ2) is 3.34. The molecule has 0 aliphatic carbocycles. The van der Waals surface area contributed by atoms with E-state index in [2.05, 4.69) is 9.98 Å². The van der Waals surface area contributed by atoms with Gasteiger partial charge in [0.1, 0.15) is 10.8 Å². The largest absolute Gasteiger partial charge is 0.397 e. The maximum absolute atomic E-state index is 5.62.